The van der Waals surface area contributed by atoms with Crippen molar-refractivity contribution in [2.75, 3.05) is 41.0 Å². The zero-order valence-corrected chi connectivity index (χ0v) is 41.3. The fraction of sp³-hybridized carbons (Fsp3) is 0.833. The fourth-order valence-corrected chi connectivity index (χ4v) is 7.71. The molecule has 0 saturated heterocycles. The molecule has 0 bridgehead atoms. The molecule has 0 radical (unpaired) electrons. The minimum absolute atomic E-state index is 0.0540. The van der Waals surface area contributed by atoms with E-state index in [1.165, 1.54) is 154 Å². The monoisotopic (exact) mass is 875 g/mol. The van der Waals surface area contributed by atoms with E-state index < -0.39 is 18.1 Å². The predicted octanol–water partition coefficient (Wildman–Crippen LogP) is 15.0. The molecular formula is C54H100NO7+. The van der Waals surface area contributed by atoms with E-state index in [0.717, 1.165) is 51.4 Å². The van der Waals surface area contributed by atoms with E-state index in [-0.39, 0.29) is 36.2 Å². The molecule has 0 fully saturated rings. The van der Waals surface area contributed by atoms with Crippen LogP contribution in [0.3, 0.4) is 0 Å². The topological polar surface area (TPSA) is 99.1 Å². The van der Waals surface area contributed by atoms with Gasteiger partial charge in [-0.15, -0.1) is 0 Å². The number of esters is 2. The second kappa shape index (κ2) is 45.1. The van der Waals surface area contributed by atoms with Crippen molar-refractivity contribution in [1.29, 1.82) is 0 Å². The van der Waals surface area contributed by atoms with Gasteiger partial charge in [0.15, 0.2) is 12.1 Å². The van der Waals surface area contributed by atoms with E-state index >= 15 is 0 Å². The highest BCUT2D eigenvalue weighted by atomic mass is 16.6. The van der Waals surface area contributed by atoms with Crippen LogP contribution in [0.2, 0.25) is 0 Å². The van der Waals surface area contributed by atoms with Gasteiger partial charge in [-0.05, 0) is 70.6 Å². The molecule has 0 aliphatic rings. The van der Waals surface area contributed by atoms with E-state index in [2.05, 4.69) is 50.3 Å². The Morgan fingerprint density at radius 2 is 0.855 bits per heavy atom. The lowest BCUT2D eigenvalue weighted by Gasteiger charge is -2.31. The van der Waals surface area contributed by atoms with E-state index in [9.17, 15) is 19.5 Å². The Hall–Kier alpha value is -2.45. The lowest BCUT2D eigenvalue weighted by Crippen LogP contribution is -2.50. The Morgan fingerprint density at radius 3 is 1.26 bits per heavy atom. The third-order valence-corrected chi connectivity index (χ3v) is 11.8. The van der Waals surface area contributed by atoms with Crippen LogP contribution in [0.1, 0.15) is 239 Å². The van der Waals surface area contributed by atoms with Gasteiger partial charge in [0.2, 0.25) is 0 Å². The number of carboxylic acid groups (broad SMARTS) is 1. The van der Waals surface area contributed by atoms with Crippen molar-refractivity contribution >= 4 is 17.9 Å². The first-order valence-electron chi connectivity index (χ1n) is 26.0. The lowest BCUT2D eigenvalue weighted by molar-refractivity contribution is -0.887. The minimum Gasteiger partial charge on any atom is -0.477 e. The third kappa shape index (κ3) is 42.8. The van der Waals surface area contributed by atoms with Crippen LogP contribution in [0.5, 0.6) is 0 Å². The molecule has 0 aromatic heterocycles. The number of aliphatic carboxylic acids is 1. The lowest BCUT2D eigenvalue weighted by atomic mass is 10.0. The molecule has 0 rings (SSSR count). The van der Waals surface area contributed by atoms with Gasteiger partial charge in [0.1, 0.15) is 6.61 Å². The zero-order valence-electron chi connectivity index (χ0n) is 41.3. The number of unbranched alkanes of at least 4 members (excludes halogenated alkanes) is 27. The highest BCUT2D eigenvalue weighted by Crippen LogP contribution is 2.15. The predicted molar refractivity (Wildman–Crippen MR) is 261 cm³/mol. The molecular weight excluding hydrogens is 775 g/mol. The van der Waals surface area contributed by atoms with Crippen LogP contribution in [-0.2, 0) is 28.6 Å². The average molecular weight is 875 g/mol. The van der Waals surface area contributed by atoms with Gasteiger partial charge in [-0.1, -0.05) is 185 Å². The smallest absolute Gasteiger partial charge is 0.362 e. The Balaban J connectivity index is 4.21. The number of quaternary nitrogens is 1. The summed E-state index contributed by atoms with van der Waals surface area (Å²) in [4.78, 5) is 37.1. The normalized spacial score (nSPS) is 13.1. The summed E-state index contributed by atoms with van der Waals surface area (Å²) in [7, 11) is 5.54. The molecule has 8 nitrogen and oxygen atoms in total. The number of hydrogen-bond donors (Lipinski definition) is 1. The summed E-state index contributed by atoms with van der Waals surface area (Å²) in [5.41, 5.74) is 0. The number of carbonyl (C=O) groups is 3. The van der Waals surface area contributed by atoms with Gasteiger partial charge >= 0.3 is 17.9 Å². The highest BCUT2D eigenvalue weighted by molar-refractivity contribution is 5.72. The fourth-order valence-electron chi connectivity index (χ4n) is 7.71. The van der Waals surface area contributed by atoms with Gasteiger partial charge in [0.25, 0.3) is 0 Å². The van der Waals surface area contributed by atoms with Gasteiger partial charge in [0.05, 0.1) is 34.4 Å². The summed E-state index contributed by atoms with van der Waals surface area (Å²) >= 11 is 0. The van der Waals surface area contributed by atoms with Gasteiger partial charge in [-0.3, -0.25) is 9.59 Å². The third-order valence-electron chi connectivity index (χ3n) is 11.8. The minimum atomic E-state index is -0.874. The van der Waals surface area contributed by atoms with Gasteiger partial charge in [0, 0.05) is 19.3 Å². The molecule has 362 valence electrons. The van der Waals surface area contributed by atoms with Crippen molar-refractivity contribution in [3.8, 4) is 0 Å². The summed E-state index contributed by atoms with van der Waals surface area (Å²) in [5.74, 6) is -1.47. The van der Waals surface area contributed by atoms with Crippen LogP contribution in [0.25, 0.3) is 0 Å². The van der Waals surface area contributed by atoms with Crippen molar-refractivity contribution in [2.24, 2.45) is 0 Å². The summed E-state index contributed by atoms with van der Waals surface area (Å²) in [6.07, 6.45) is 53.3. The van der Waals surface area contributed by atoms with E-state index in [0.29, 0.717) is 19.3 Å². The Labute approximate surface area is 383 Å². The molecule has 1 N–H and O–H groups in total. The van der Waals surface area contributed by atoms with Gasteiger partial charge < -0.3 is 23.8 Å². The van der Waals surface area contributed by atoms with Crippen molar-refractivity contribution < 1.29 is 38.2 Å². The molecule has 2 unspecified atom stereocenters. The van der Waals surface area contributed by atoms with Crippen molar-refractivity contribution in [1.82, 2.24) is 0 Å². The Kier molecular flexibility index (Phi) is 43.3. The number of nitrogens with zero attached hydrogens (tertiary/aromatic N) is 1. The zero-order chi connectivity index (χ0) is 45.6. The van der Waals surface area contributed by atoms with Crippen LogP contribution >= 0.6 is 0 Å². The molecule has 0 aromatic rings. The maximum Gasteiger partial charge on any atom is 0.362 e. The Morgan fingerprint density at radius 1 is 0.484 bits per heavy atom. The van der Waals surface area contributed by atoms with Crippen LogP contribution in [-0.4, -0.2) is 80.6 Å². The van der Waals surface area contributed by atoms with Gasteiger partial charge in [-0.25, -0.2) is 4.79 Å². The maximum atomic E-state index is 12.8. The number of carboxylic acids is 1. The summed E-state index contributed by atoms with van der Waals surface area (Å²) < 4.78 is 17.4. The summed E-state index contributed by atoms with van der Waals surface area (Å²) in [5, 5.41) is 9.65. The van der Waals surface area contributed by atoms with Crippen LogP contribution < -0.4 is 0 Å². The number of rotatable bonds is 47. The largest absolute Gasteiger partial charge is 0.477 e. The van der Waals surface area contributed by atoms with Crippen LogP contribution in [0.4, 0.5) is 0 Å². The molecule has 0 aliphatic heterocycles. The molecule has 0 spiro atoms. The van der Waals surface area contributed by atoms with Gasteiger partial charge in [-0.2, -0.15) is 0 Å². The summed E-state index contributed by atoms with van der Waals surface area (Å²) in [6.45, 7) is 4.74. The number of likely N-dealkylation sites (N-methyl/N-ethyl adjacent to an activating group) is 1. The molecule has 0 saturated carbocycles. The van der Waals surface area contributed by atoms with Crippen LogP contribution in [0.15, 0.2) is 36.5 Å². The number of hydrogen-bond acceptors (Lipinski definition) is 6. The first-order valence-corrected chi connectivity index (χ1v) is 26.0. The SMILES string of the molecule is CCCCCCC/C=C\C/C=C\CCCCCCCCCCCCCC(=O)OC(COCCC(C(=O)O)[N+](C)(C)C)COC(=O)CCCCCCC/C=C\CCCCCCCC. The molecule has 0 aromatic carbocycles. The standard InChI is InChI=1S/C54H99NO7/c1-6-8-10-12-14-16-18-20-22-23-24-25-26-27-28-29-31-33-35-37-39-41-43-45-53(57)62-50(48-60-47-46-51(54(58)59)55(3,4)5)49-61-52(56)44-42-40-38-36-34-32-30-21-19-17-15-13-11-9-7-2/h18,20-21,23-24,30,50-51H,6-17,19,22,25-29,31-49H2,1-5H3/p+1/b20-18-,24-23-,30-21-. The van der Waals surface area contributed by atoms with Crippen molar-refractivity contribution in [3.05, 3.63) is 36.5 Å². The Bertz CT molecular complexity index is 1110. The number of carbonyl (C=O) groups excluding carboxylic acids is 2. The molecule has 0 heterocycles. The van der Waals surface area contributed by atoms with E-state index in [1.54, 1.807) is 0 Å². The quantitative estimate of drug-likeness (QED) is 0.0281. The molecule has 8 heteroatoms. The van der Waals surface area contributed by atoms with E-state index in [4.69, 9.17) is 14.2 Å². The maximum absolute atomic E-state index is 12.8. The molecule has 2 atom stereocenters. The van der Waals surface area contributed by atoms with Crippen molar-refractivity contribution in [2.45, 2.75) is 251 Å². The average Bonchev–Trinajstić information content (AvgIpc) is 3.23. The first-order chi connectivity index (χ1) is 30.1. The van der Waals surface area contributed by atoms with Crippen molar-refractivity contribution in [3.63, 3.8) is 0 Å². The van der Waals surface area contributed by atoms with E-state index in [1.807, 2.05) is 21.1 Å². The highest BCUT2D eigenvalue weighted by Gasteiger charge is 2.31. The molecule has 0 amide bonds. The number of allylic oxidation sites excluding steroid dienone is 6. The molecule has 0 aliphatic carbocycles. The number of ether oxygens (including phenoxy) is 3. The second-order valence-electron chi connectivity index (χ2n) is 18.8. The second-order valence-corrected chi connectivity index (χ2v) is 18.8. The van der Waals surface area contributed by atoms with Crippen LogP contribution in [0, 0.1) is 0 Å². The summed E-state index contributed by atoms with van der Waals surface area (Å²) in [6, 6.07) is -0.616. The first kappa shape index (κ1) is 59.5. The molecule has 62 heavy (non-hydrogen) atoms.